The summed E-state index contributed by atoms with van der Waals surface area (Å²) in [7, 11) is -4.36. The van der Waals surface area contributed by atoms with E-state index in [0.717, 1.165) is 33.8 Å². The second-order valence-corrected chi connectivity index (χ2v) is 9.18. The van der Waals surface area contributed by atoms with Crippen LogP contribution in [-0.4, -0.2) is 13.4 Å². The van der Waals surface area contributed by atoms with Gasteiger partial charge >= 0.3 is 0 Å². The number of aromatic nitrogens is 1. The van der Waals surface area contributed by atoms with Crippen LogP contribution in [-0.2, 0) is 16.6 Å². The molecule has 3 aromatic rings. The third kappa shape index (κ3) is 4.12. The number of thiazole rings is 1. The molecule has 0 fully saturated rings. The zero-order chi connectivity index (χ0) is 19.8. The maximum atomic E-state index is 14.2. The predicted octanol–water partition coefficient (Wildman–Crippen LogP) is 5.09. The molecule has 1 aromatic heterocycles. The lowest BCUT2D eigenvalue weighted by Crippen LogP contribution is -2.31. The normalized spacial score (nSPS) is 11.6. The molecule has 2 aromatic carbocycles. The summed E-state index contributed by atoms with van der Waals surface area (Å²) in [6.45, 7) is 3.71. The number of hydrogen-bond donors (Lipinski definition) is 0. The molecule has 0 atom stereocenters. The van der Waals surface area contributed by atoms with Gasteiger partial charge in [0.05, 0.1) is 12.7 Å². The van der Waals surface area contributed by atoms with Crippen molar-refractivity contribution in [2.45, 2.75) is 25.3 Å². The van der Waals surface area contributed by atoms with Gasteiger partial charge in [-0.1, -0.05) is 41.1 Å². The van der Waals surface area contributed by atoms with Gasteiger partial charge in [-0.2, -0.15) is 4.39 Å². The molecule has 0 saturated heterocycles. The molecule has 0 aliphatic carbocycles. The monoisotopic (exact) mass is 428 g/mol. The fourth-order valence-corrected chi connectivity index (χ4v) is 5.07. The highest BCUT2D eigenvalue weighted by molar-refractivity contribution is 7.93. The fraction of sp³-hybridized carbons (Fsp3) is 0.167. The van der Waals surface area contributed by atoms with Gasteiger partial charge < -0.3 is 0 Å². The molecule has 9 heteroatoms. The fourth-order valence-electron chi connectivity index (χ4n) is 2.48. The molecular formula is C18H15ClF2N2O2S2. The van der Waals surface area contributed by atoms with Crippen LogP contribution in [0, 0.1) is 24.8 Å². The van der Waals surface area contributed by atoms with E-state index in [1.54, 1.807) is 6.07 Å². The SMILES string of the molecule is Cc1ccc(CN(c2ncc(F)s2)S(=O)(=O)c2cc(Cl)ccc2F)cc1C. The molecule has 0 saturated carbocycles. The van der Waals surface area contributed by atoms with Crippen LogP contribution >= 0.6 is 22.9 Å². The van der Waals surface area contributed by atoms with Gasteiger partial charge in [0.15, 0.2) is 5.13 Å². The Hall–Kier alpha value is -2.03. The van der Waals surface area contributed by atoms with Crippen LogP contribution in [0.5, 0.6) is 0 Å². The van der Waals surface area contributed by atoms with Crippen molar-refractivity contribution in [1.29, 1.82) is 0 Å². The van der Waals surface area contributed by atoms with Gasteiger partial charge in [0.1, 0.15) is 10.7 Å². The molecule has 0 radical (unpaired) electrons. The van der Waals surface area contributed by atoms with Crippen LogP contribution in [0.1, 0.15) is 16.7 Å². The smallest absolute Gasteiger partial charge is 0.236 e. The molecule has 142 valence electrons. The third-order valence-corrected chi connectivity index (χ3v) is 6.95. The summed E-state index contributed by atoms with van der Waals surface area (Å²) in [6.07, 6.45) is 0.928. The lowest BCUT2D eigenvalue weighted by atomic mass is 10.1. The van der Waals surface area contributed by atoms with Crippen LogP contribution < -0.4 is 4.31 Å². The second kappa shape index (κ2) is 7.53. The van der Waals surface area contributed by atoms with Crippen molar-refractivity contribution < 1.29 is 17.2 Å². The van der Waals surface area contributed by atoms with Crippen molar-refractivity contribution in [2.75, 3.05) is 4.31 Å². The van der Waals surface area contributed by atoms with E-state index in [2.05, 4.69) is 4.98 Å². The van der Waals surface area contributed by atoms with Gasteiger partial charge in [0, 0.05) is 5.02 Å². The van der Waals surface area contributed by atoms with E-state index in [0.29, 0.717) is 16.9 Å². The zero-order valence-electron chi connectivity index (χ0n) is 14.4. The Kier molecular flexibility index (Phi) is 5.50. The van der Waals surface area contributed by atoms with Crippen LogP contribution in [0.3, 0.4) is 0 Å². The van der Waals surface area contributed by atoms with Crippen molar-refractivity contribution >= 4 is 38.1 Å². The van der Waals surface area contributed by atoms with Crippen molar-refractivity contribution in [3.63, 3.8) is 0 Å². The summed E-state index contributed by atoms with van der Waals surface area (Å²) < 4.78 is 54.9. The summed E-state index contributed by atoms with van der Waals surface area (Å²) in [5.74, 6) is -0.943. The largest absolute Gasteiger partial charge is 0.269 e. The lowest BCUT2D eigenvalue weighted by molar-refractivity contribution is 0.563. The minimum Gasteiger partial charge on any atom is -0.236 e. The van der Waals surface area contributed by atoms with Gasteiger partial charge in [0.25, 0.3) is 10.0 Å². The lowest BCUT2D eigenvalue weighted by Gasteiger charge is -2.22. The Morgan fingerprint density at radius 1 is 1.11 bits per heavy atom. The quantitative estimate of drug-likeness (QED) is 0.569. The number of aryl methyl sites for hydroxylation is 2. The van der Waals surface area contributed by atoms with E-state index in [4.69, 9.17) is 11.6 Å². The Bertz CT molecular complexity index is 1100. The highest BCUT2D eigenvalue weighted by atomic mass is 35.5. The number of sulfonamides is 1. The summed E-state index contributed by atoms with van der Waals surface area (Å²) in [5.41, 5.74) is 2.69. The van der Waals surface area contributed by atoms with E-state index in [9.17, 15) is 17.2 Å². The standard InChI is InChI=1S/C18H15ClF2N2O2S2/c1-11-3-4-13(7-12(11)2)10-23(18-22-9-17(21)26-18)27(24,25)16-8-14(19)5-6-15(16)20/h3-9H,10H2,1-2H3. The maximum Gasteiger partial charge on any atom is 0.269 e. The molecule has 0 aliphatic heterocycles. The average Bonchev–Trinajstić information content (AvgIpc) is 3.03. The molecule has 1 heterocycles. The molecule has 3 rings (SSSR count). The molecular weight excluding hydrogens is 414 g/mol. The van der Waals surface area contributed by atoms with Gasteiger partial charge in [-0.05, 0) is 48.7 Å². The van der Waals surface area contributed by atoms with Crippen LogP contribution in [0.25, 0.3) is 0 Å². The minimum absolute atomic E-state index is 0.0754. The first-order valence-corrected chi connectivity index (χ1v) is 10.5. The molecule has 0 unspecified atom stereocenters. The maximum absolute atomic E-state index is 14.2. The van der Waals surface area contributed by atoms with E-state index in [1.165, 1.54) is 6.07 Å². The average molecular weight is 429 g/mol. The van der Waals surface area contributed by atoms with Gasteiger partial charge in [-0.25, -0.2) is 22.1 Å². The Morgan fingerprint density at radius 3 is 2.48 bits per heavy atom. The number of anilines is 1. The highest BCUT2D eigenvalue weighted by Gasteiger charge is 2.30. The Labute approximate surface area is 165 Å². The Balaban J connectivity index is 2.11. The number of benzene rings is 2. The molecule has 0 N–H and O–H groups in total. The van der Waals surface area contributed by atoms with E-state index < -0.39 is 25.9 Å². The number of rotatable bonds is 5. The summed E-state index contributed by atoms with van der Waals surface area (Å²) in [4.78, 5) is 3.24. The van der Waals surface area contributed by atoms with Crippen LogP contribution in [0.15, 0.2) is 47.5 Å². The first-order valence-electron chi connectivity index (χ1n) is 7.84. The molecule has 4 nitrogen and oxygen atoms in total. The van der Waals surface area contributed by atoms with Crippen LogP contribution in [0.2, 0.25) is 5.02 Å². The third-order valence-electron chi connectivity index (χ3n) is 4.04. The molecule has 0 bridgehead atoms. The first kappa shape index (κ1) is 19.7. The number of nitrogens with zero attached hydrogens (tertiary/aromatic N) is 2. The van der Waals surface area contributed by atoms with E-state index >= 15 is 0 Å². The predicted molar refractivity (Wildman–Crippen MR) is 103 cm³/mol. The summed E-state index contributed by atoms with van der Waals surface area (Å²) in [5, 5.41) is -0.659. The van der Waals surface area contributed by atoms with Gasteiger partial charge in [-0.3, -0.25) is 0 Å². The van der Waals surface area contributed by atoms with Gasteiger partial charge in [0.2, 0.25) is 5.13 Å². The summed E-state index contributed by atoms with van der Waals surface area (Å²) in [6, 6.07) is 8.72. The van der Waals surface area contributed by atoms with E-state index in [1.807, 2.05) is 26.0 Å². The second-order valence-electron chi connectivity index (χ2n) is 5.95. The van der Waals surface area contributed by atoms with Crippen LogP contribution in [0.4, 0.5) is 13.9 Å². The first-order chi connectivity index (χ1) is 12.7. The Morgan fingerprint density at radius 2 is 1.85 bits per heavy atom. The van der Waals surface area contributed by atoms with Crippen molar-refractivity contribution in [1.82, 2.24) is 4.98 Å². The van der Waals surface area contributed by atoms with Crippen molar-refractivity contribution in [3.05, 3.63) is 75.3 Å². The molecule has 0 spiro atoms. The molecule has 0 amide bonds. The highest BCUT2D eigenvalue weighted by Crippen LogP contribution is 2.31. The minimum atomic E-state index is -4.36. The number of hydrogen-bond acceptors (Lipinski definition) is 4. The topological polar surface area (TPSA) is 50.3 Å². The van der Waals surface area contributed by atoms with E-state index in [-0.39, 0.29) is 16.7 Å². The summed E-state index contributed by atoms with van der Waals surface area (Å²) >= 11 is 6.42. The molecule has 0 aliphatic rings. The number of halogens is 3. The van der Waals surface area contributed by atoms with Gasteiger partial charge in [-0.15, -0.1) is 0 Å². The van der Waals surface area contributed by atoms with Crippen molar-refractivity contribution in [3.8, 4) is 0 Å². The van der Waals surface area contributed by atoms with Crippen molar-refractivity contribution in [2.24, 2.45) is 0 Å². The molecule has 27 heavy (non-hydrogen) atoms. The zero-order valence-corrected chi connectivity index (χ0v) is 16.8.